The molecule has 6 nitrogen and oxygen atoms in total. The van der Waals surface area contributed by atoms with Gasteiger partial charge in [0.2, 0.25) is 10.0 Å². The Hall–Kier alpha value is -0.890. The monoisotopic (exact) mass is 342 g/mol. The second kappa shape index (κ2) is 6.55. The molecule has 1 aromatic rings. The predicted octanol–water partition coefficient (Wildman–Crippen LogP) is 1.65. The minimum Gasteiger partial charge on any atom is -0.465 e. The molecule has 1 unspecified atom stereocenters. The zero-order valence-electron chi connectivity index (χ0n) is 13.9. The van der Waals surface area contributed by atoms with Gasteiger partial charge in [-0.2, -0.15) is 0 Å². The smallest absolute Gasteiger partial charge is 0.208 e. The van der Waals surface area contributed by atoms with Crippen molar-refractivity contribution >= 4 is 10.0 Å². The maximum absolute atomic E-state index is 11.5. The summed E-state index contributed by atoms with van der Waals surface area (Å²) < 4.78 is 37.4. The standard InChI is InChI=1S/C16H26N2O4S/c1-13-3-4-15(22-13)12-18-8-6-16(7-9-18)11-14(5-10-21-16)17-23(2,19)20/h3-4,14,17H,5-12H2,1-2H3. The predicted molar refractivity (Wildman–Crippen MR) is 87.6 cm³/mol. The van der Waals surface area contributed by atoms with Crippen LogP contribution in [0.4, 0.5) is 0 Å². The third-order valence-electron chi connectivity index (χ3n) is 4.82. The van der Waals surface area contributed by atoms with Crippen molar-refractivity contribution in [3.8, 4) is 0 Å². The van der Waals surface area contributed by atoms with E-state index in [2.05, 4.69) is 9.62 Å². The lowest BCUT2D eigenvalue weighted by Gasteiger charge is -2.46. The van der Waals surface area contributed by atoms with Crippen LogP contribution in [-0.4, -0.2) is 50.9 Å². The second-order valence-electron chi connectivity index (χ2n) is 6.90. The number of hydrogen-bond donors (Lipinski definition) is 1. The Labute approximate surface area is 138 Å². The molecule has 2 saturated heterocycles. The van der Waals surface area contributed by atoms with Crippen LogP contribution in [-0.2, 0) is 21.3 Å². The molecule has 0 saturated carbocycles. The van der Waals surface area contributed by atoms with Gasteiger partial charge in [-0.05, 0) is 44.7 Å². The lowest BCUT2D eigenvalue weighted by molar-refractivity contribution is -0.118. The number of sulfonamides is 1. The van der Waals surface area contributed by atoms with Crippen molar-refractivity contribution in [1.29, 1.82) is 0 Å². The molecule has 2 fully saturated rings. The van der Waals surface area contributed by atoms with E-state index in [1.807, 2.05) is 19.1 Å². The van der Waals surface area contributed by atoms with Crippen LogP contribution in [0.2, 0.25) is 0 Å². The number of nitrogens with zero attached hydrogens (tertiary/aromatic N) is 1. The van der Waals surface area contributed by atoms with E-state index in [1.165, 1.54) is 6.26 Å². The van der Waals surface area contributed by atoms with Crippen molar-refractivity contribution in [3.63, 3.8) is 0 Å². The first-order valence-electron chi connectivity index (χ1n) is 8.23. The Morgan fingerprint density at radius 3 is 2.70 bits per heavy atom. The van der Waals surface area contributed by atoms with Crippen LogP contribution in [0.1, 0.15) is 37.2 Å². The van der Waals surface area contributed by atoms with Gasteiger partial charge in [-0.25, -0.2) is 13.1 Å². The first kappa shape index (κ1) is 17.0. The van der Waals surface area contributed by atoms with E-state index in [4.69, 9.17) is 9.15 Å². The lowest BCUT2D eigenvalue weighted by Crippen LogP contribution is -2.53. The van der Waals surface area contributed by atoms with Gasteiger partial charge in [-0.15, -0.1) is 0 Å². The number of aryl methyl sites for hydroxylation is 1. The fourth-order valence-electron chi connectivity index (χ4n) is 3.69. The van der Waals surface area contributed by atoms with Crippen molar-refractivity contribution in [1.82, 2.24) is 9.62 Å². The summed E-state index contributed by atoms with van der Waals surface area (Å²) in [5.74, 6) is 1.94. The third kappa shape index (κ3) is 4.56. The van der Waals surface area contributed by atoms with Gasteiger partial charge in [0.1, 0.15) is 11.5 Å². The Morgan fingerprint density at radius 1 is 1.35 bits per heavy atom. The van der Waals surface area contributed by atoms with Crippen LogP contribution in [0.25, 0.3) is 0 Å². The third-order valence-corrected chi connectivity index (χ3v) is 5.58. The maximum atomic E-state index is 11.5. The largest absolute Gasteiger partial charge is 0.465 e. The average molecular weight is 342 g/mol. The number of furan rings is 1. The molecule has 23 heavy (non-hydrogen) atoms. The summed E-state index contributed by atoms with van der Waals surface area (Å²) in [6.45, 7) is 5.32. The van der Waals surface area contributed by atoms with Crippen LogP contribution in [0.3, 0.4) is 0 Å². The highest BCUT2D eigenvalue weighted by atomic mass is 32.2. The minimum absolute atomic E-state index is 0.00183. The van der Waals surface area contributed by atoms with E-state index < -0.39 is 10.0 Å². The topological polar surface area (TPSA) is 71.8 Å². The van der Waals surface area contributed by atoms with E-state index in [0.29, 0.717) is 6.61 Å². The molecule has 2 aliphatic rings. The molecule has 0 aliphatic carbocycles. The van der Waals surface area contributed by atoms with Gasteiger partial charge in [0, 0.05) is 25.7 Å². The average Bonchev–Trinajstić information content (AvgIpc) is 2.85. The van der Waals surface area contributed by atoms with Crippen molar-refractivity contribution < 1.29 is 17.6 Å². The molecule has 7 heteroatoms. The molecule has 3 heterocycles. The number of piperidine rings is 1. The first-order chi connectivity index (χ1) is 10.8. The molecular weight excluding hydrogens is 316 g/mol. The molecule has 1 spiro atoms. The van der Waals surface area contributed by atoms with Crippen LogP contribution in [0.5, 0.6) is 0 Å². The molecule has 0 amide bonds. The molecule has 2 aliphatic heterocycles. The summed E-state index contributed by atoms with van der Waals surface area (Å²) in [5, 5.41) is 0. The summed E-state index contributed by atoms with van der Waals surface area (Å²) in [6, 6.07) is 4.02. The molecule has 3 rings (SSSR count). The van der Waals surface area contributed by atoms with Gasteiger partial charge in [0.05, 0.1) is 18.4 Å². The molecule has 0 radical (unpaired) electrons. The summed E-state index contributed by atoms with van der Waals surface area (Å²) in [4.78, 5) is 2.38. The van der Waals surface area contributed by atoms with E-state index in [-0.39, 0.29) is 11.6 Å². The van der Waals surface area contributed by atoms with Crippen LogP contribution in [0, 0.1) is 6.92 Å². The van der Waals surface area contributed by atoms with E-state index in [0.717, 1.165) is 56.8 Å². The molecule has 1 N–H and O–H groups in total. The van der Waals surface area contributed by atoms with Crippen molar-refractivity contribution in [2.24, 2.45) is 0 Å². The Balaban J connectivity index is 1.54. The zero-order chi connectivity index (χ0) is 16.5. The first-order valence-corrected chi connectivity index (χ1v) is 10.1. The van der Waals surface area contributed by atoms with Crippen molar-refractivity contribution in [2.75, 3.05) is 26.0 Å². The minimum atomic E-state index is -3.16. The molecular formula is C16H26N2O4S. The van der Waals surface area contributed by atoms with Crippen LogP contribution in [0.15, 0.2) is 16.5 Å². The van der Waals surface area contributed by atoms with Gasteiger partial charge in [0.25, 0.3) is 0 Å². The fourth-order valence-corrected chi connectivity index (χ4v) is 4.50. The second-order valence-corrected chi connectivity index (χ2v) is 8.68. The number of hydrogen-bond acceptors (Lipinski definition) is 5. The molecule has 130 valence electrons. The van der Waals surface area contributed by atoms with Gasteiger partial charge >= 0.3 is 0 Å². The quantitative estimate of drug-likeness (QED) is 0.901. The van der Waals surface area contributed by atoms with Gasteiger partial charge < -0.3 is 9.15 Å². The zero-order valence-corrected chi connectivity index (χ0v) is 14.7. The SMILES string of the molecule is Cc1ccc(CN2CCC3(CC2)CC(NS(C)(=O)=O)CCO3)o1. The van der Waals surface area contributed by atoms with E-state index in [9.17, 15) is 8.42 Å². The highest BCUT2D eigenvalue weighted by molar-refractivity contribution is 7.88. The van der Waals surface area contributed by atoms with Crippen molar-refractivity contribution in [3.05, 3.63) is 23.7 Å². The van der Waals surface area contributed by atoms with Gasteiger partial charge in [0.15, 0.2) is 0 Å². The molecule has 1 aromatic heterocycles. The summed E-state index contributed by atoms with van der Waals surface area (Å²) >= 11 is 0. The highest BCUT2D eigenvalue weighted by Crippen LogP contribution is 2.35. The number of ether oxygens (including phenoxy) is 1. The fraction of sp³-hybridized carbons (Fsp3) is 0.750. The van der Waals surface area contributed by atoms with Gasteiger partial charge in [-0.1, -0.05) is 0 Å². The molecule has 0 bridgehead atoms. The Morgan fingerprint density at radius 2 is 2.09 bits per heavy atom. The van der Waals surface area contributed by atoms with E-state index >= 15 is 0 Å². The van der Waals surface area contributed by atoms with Crippen LogP contribution >= 0.6 is 0 Å². The molecule has 0 aromatic carbocycles. The summed E-state index contributed by atoms with van der Waals surface area (Å²) in [5.41, 5.74) is -0.170. The van der Waals surface area contributed by atoms with Crippen LogP contribution < -0.4 is 4.72 Å². The number of rotatable bonds is 4. The molecule has 1 atom stereocenters. The Kier molecular flexibility index (Phi) is 4.83. The normalized spacial score (nSPS) is 25.7. The summed E-state index contributed by atoms with van der Waals surface area (Å²) in [6.07, 6.45) is 4.63. The highest BCUT2D eigenvalue weighted by Gasteiger charge is 2.40. The van der Waals surface area contributed by atoms with Crippen molar-refractivity contribution in [2.45, 2.75) is 50.8 Å². The van der Waals surface area contributed by atoms with Gasteiger partial charge in [-0.3, -0.25) is 4.90 Å². The number of likely N-dealkylation sites (tertiary alicyclic amines) is 1. The van der Waals surface area contributed by atoms with E-state index in [1.54, 1.807) is 0 Å². The number of nitrogens with one attached hydrogen (secondary N) is 1. The summed E-state index contributed by atoms with van der Waals surface area (Å²) in [7, 11) is -3.16. The lowest BCUT2D eigenvalue weighted by atomic mass is 9.82. The Bertz CT molecular complexity index is 632. The maximum Gasteiger partial charge on any atom is 0.208 e.